The van der Waals surface area contributed by atoms with E-state index in [0.717, 1.165) is 25.3 Å². The molecular formula is C19H27N3O3. The minimum Gasteiger partial charge on any atom is -0.495 e. The molecule has 1 aromatic carbocycles. The highest BCUT2D eigenvalue weighted by molar-refractivity contribution is 5.99. The van der Waals surface area contributed by atoms with Crippen LogP contribution in [0.15, 0.2) is 24.3 Å². The maximum Gasteiger partial charge on any atom is 0.246 e. The Balaban J connectivity index is 1.61. The number of nitrogens with zero attached hydrogens (tertiary/aromatic N) is 3. The molecule has 2 aliphatic rings. The van der Waals surface area contributed by atoms with Crippen LogP contribution in [-0.4, -0.2) is 68.0 Å². The molecule has 0 aromatic heterocycles. The number of amides is 2. The fourth-order valence-corrected chi connectivity index (χ4v) is 3.71. The molecule has 1 atom stereocenters. The molecule has 0 unspecified atom stereocenters. The van der Waals surface area contributed by atoms with E-state index >= 15 is 0 Å². The number of carbonyl (C=O) groups excluding carboxylic acids is 2. The van der Waals surface area contributed by atoms with Crippen LogP contribution in [-0.2, 0) is 9.59 Å². The number of hydrogen-bond acceptors (Lipinski definition) is 4. The highest BCUT2D eigenvalue weighted by atomic mass is 16.5. The van der Waals surface area contributed by atoms with Gasteiger partial charge in [-0.25, -0.2) is 0 Å². The van der Waals surface area contributed by atoms with Gasteiger partial charge in [0.1, 0.15) is 12.3 Å². The Bertz CT molecular complexity index is 628. The fourth-order valence-electron chi connectivity index (χ4n) is 3.71. The summed E-state index contributed by atoms with van der Waals surface area (Å²) in [5.74, 6) is 0.638. The van der Waals surface area contributed by atoms with Crippen LogP contribution < -0.4 is 9.64 Å². The first-order chi connectivity index (χ1) is 12.1. The summed E-state index contributed by atoms with van der Waals surface area (Å²) in [7, 11) is 1.60. The molecule has 0 N–H and O–H groups in total. The number of hydrogen-bond donors (Lipinski definition) is 0. The normalized spacial score (nSPS) is 20.0. The van der Waals surface area contributed by atoms with Gasteiger partial charge in [0, 0.05) is 25.6 Å². The third-order valence-corrected chi connectivity index (χ3v) is 5.06. The summed E-state index contributed by atoms with van der Waals surface area (Å²) < 4.78 is 5.35. The van der Waals surface area contributed by atoms with Crippen LogP contribution in [0.1, 0.15) is 19.8 Å². The zero-order valence-corrected chi connectivity index (χ0v) is 15.1. The summed E-state index contributed by atoms with van der Waals surface area (Å²) in [6.07, 6.45) is 2.44. The van der Waals surface area contributed by atoms with Crippen LogP contribution in [0.4, 0.5) is 5.69 Å². The second-order valence-corrected chi connectivity index (χ2v) is 6.89. The van der Waals surface area contributed by atoms with Crippen molar-refractivity contribution in [3.8, 4) is 5.75 Å². The molecule has 0 radical (unpaired) electrons. The molecular weight excluding hydrogens is 318 g/mol. The van der Waals surface area contributed by atoms with E-state index < -0.39 is 0 Å². The molecule has 2 heterocycles. The summed E-state index contributed by atoms with van der Waals surface area (Å²) in [4.78, 5) is 31.1. The number of anilines is 1. The van der Waals surface area contributed by atoms with Crippen LogP contribution >= 0.6 is 0 Å². The molecule has 6 heteroatoms. The average molecular weight is 345 g/mol. The van der Waals surface area contributed by atoms with Gasteiger partial charge in [-0.15, -0.1) is 0 Å². The Labute approximate surface area is 149 Å². The molecule has 0 spiro atoms. The molecule has 0 bridgehead atoms. The lowest BCUT2D eigenvalue weighted by molar-refractivity contribution is -0.140. The Morgan fingerprint density at radius 1 is 1.16 bits per heavy atom. The van der Waals surface area contributed by atoms with Crippen LogP contribution in [0.5, 0.6) is 5.75 Å². The molecule has 1 aromatic rings. The number of benzene rings is 1. The summed E-state index contributed by atoms with van der Waals surface area (Å²) in [6.45, 7) is 6.13. The third-order valence-electron chi connectivity index (χ3n) is 5.06. The molecule has 2 amide bonds. The lowest BCUT2D eigenvalue weighted by Crippen LogP contribution is -2.54. The lowest BCUT2D eigenvalue weighted by atomic mass is 10.1. The van der Waals surface area contributed by atoms with Crippen molar-refractivity contribution in [1.29, 1.82) is 0 Å². The number of ether oxygens (including phenoxy) is 1. The number of para-hydroxylation sites is 2. The van der Waals surface area contributed by atoms with Crippen molar-refractivity contribution >= 4 is 17.5 Å². The molecule has 0 saturated carbocycles. The average Bonchev–Trinajstić information content (AvgIpc) is 3.14. The number of likely N-dealkylation sites (tertiary alicyclic amines) is 1. The van der Waals surface area contributed by atoms with E-state index in [4.69, 9.17) is 4.74 Å². The van der Waals surface area contributed by atoms with E-state index in [1.54, 1.807) is 16.9 Å². The highest BCUT2D eigenvalue weighted by Gasteiger charge is 2.32. The van der Waals surface area contributed by atoms with Crippen LogP contribution in [0, 0.1) is 5.92 Å². The molecule has 2 aliphatic heterocycles. The Kier molecular flexibility index (Phi) is 5.58. The van der Waals surface area contributed by atoms with Crippen molar-refractivity contribution in [3.63, 3.8) is 0 Å². The molecule has 3 rings (SSSR count). The summed E-state index contributed by atoms with van der Waals surface area (Å²) in [5.41, 5.74) is 0.771. The second kappa shape index (κ2) is 7.87. The van der Waals surface area contributed by atoms with Crippen molar-refractivity contribution in [2.75, 3.05) is 51.3 Å². The lowest BCUT2D eigenvalue weighted by Gasteiger charge is -2.36. The SMILES string of the molecule is COc1ccccc1N1CCN(C(=O)[C@@H](C)CN2CCCC2)CC1=O. The number of piperazine rings is 1. The zero-order chi connectivity index (χ0) is 17.8. The largest absolute Gasteiger partial charge is 0.495 e. The third kappa shape index (κ3) is 3.95. The van der Waals surface area contributed by atoms with E-state index in [2.05, 4.69) is 4.90 Å². The quantitative estimate of drug-likeness (QED) is 0.813. The molecule has 6 nitrogen and oxygen atoms in total. The minimum atomic E-state index is -0.0660. The second-order valence-electron chi connectivity index (χ2n) is 6.89. The van der Waals surface area contributed by atoms with Gasteiger partial charge in [0.05, 0.1) is 12.8 Å². The topological polar surface area (TPSA) is 53.1 Å². The Hall–Kier alpha value is -2.08. The molecule has 2 fully saturated rings. The fraction of sp³-hybridized carbons (Fsp3) is 0.579. The monoisotopic (exact) mass is 345 g/mol. The molecule has 0 aliphatic carbocycles. The number of methoxy groups -OCH3 is 1. The first-order valence-corrected chi connectivity index (χ1v) is 9.04. The standard InChI is InChI=1S/C19H27N3O3/c1-15(13-20-9-5-6-10-20)19(24)21-11-12-22(18(23)14-21)16-7-3-4-8-17(16)25-2/h3-4,7-8,15H,5-6,9-14H2,1-2H3/t15-/m0/s1. The van der Waals surface area contributed by atoms with Gasteiger partial charge in [-0.1, -0.05) is 19.1 Å². The van der Waals surface area contributed by atoms with Gasteiger partial charge in [-0.2, -0.15) is 0 Å². The highest BCUT2D eigenvalue weighted by Crippen LogP contribution is 2.29. The minimum absolute atomic E-state index is 0.0579. The smallest absolute Gasteiger partial charge is 0.246 e. The Morgan fingerprint density at radius 3 is 2.56 bits per heavy atom. The van der Waals surface area contributed by atoms with Crippen LogP contribution in [0.3, 0.4) is 0 Å². The van der Waals surface area contributed by atoms with Gasteiger partial charge < -0.3 is 19.4 Å². The van der Waals surface area contributed by atoms with Gasteiger partial charge in [-0.05, 0) is 38.1 Å². The predicted molar refractivity (Wildman–Crippen MR) is 96.8 cm³/mol. The molecule has 136 valence electrons. The number of carbonyl (C=O) groups is 2. The van der Waals surface area contributed by atoms with Crippen molar-refractivity contribution in [2.45, 2.75) is 19.8 Å². The van der Waals surface area contributed by atoms with Gasteiger partial charge in [-0.3, -0.25) is 9.59 Å². The van der Waals surface area contributed by atoms with Gasteiger partial charge in [0.25, 0.3) is 0 Å². The van der Waals surface area contributed by atoms with E-state index in [1.165, 1.54) is 12.8 Å². The van der Waals surface area contributed by atoms with E-state index in [9.17, 15) is 9.59 Å². The summed E-state index contributed by atoms with van der Waals surface area (Å²) in [5, 5.41) is 0. The van der Waals surface area contributed by atoms with Gasteiger partial charge in [0.15, 0.2) is 0 Å². The van der Waals surface area contributed by atoms with Crippen molar-refractivity contribution < 1.29 is 14.3 Å². The first-order valence-electron chi connectivity index (χ1n) is 9.04. The Morgan fingerprint density at radius 2 is 1.88 bits per heavy atom. The van der Waals surface area contributed by atoms with E-state index in [0.29, 0.717) is 18.8 Å². The van der Waals surface area contributed by atoms with Gasteiger partial charge >= 0.3 is 0 Å². The maximum absolute atomic E-state index is 12.7. The van der Waals surface area contributed by atoms with Crippen molar-refractivity contribution in [1.82, 2.24) is 9.80 Å². The van der Waals surface area contributed by atoms with Crippen molar-refractivity contribution in [3.05, 3.63) is 24.3 Å². The van der Waals surface area contributed by atoms with Crippen LogP contribution in [0.2, 0.25) is 0 Å². The first kappa shape index (κ1) is 17.7. The van der Waals surface area contributed by atoms with E-state index in [1.807, 2.05) is 31.2 Å². The molecule has 25 heavy (non-hydrogen) atoms. The predicted octanol–water partition coefficient (Wildman–Crippen LogP) is 1.60. The maximum atomic E-state index is 12.7. The van der Waals surface area contributed by atoms with Crippen molar-refractivity contribution in [2.24, 2.45) is 5.92 Å². The van der Waals surface area contributed by atoms with E-state index in [-0.39, 0.29) is 24.3 Å². The molecule has 2 saturated heterocycles. The summed E-state index contributed by atoms with van der Waals surface area (Å²) >= 11 is 0. The number of rotatable bonds is 5. The summed E-state index contributed by atoms with van der Waals surface area (Å²) in [6, 6.07) is 7.50. The van der Waals surface area contributed by atoms with Gasteiger partial charge in [0.2, 0.25) is 11.8 Å². The van der Waals surface area contributed by atoms with Crippen LogP contribution in [0.25, 0.3) is 0 Å². The zero-order valence-electron chi connectivity index (χ0n) is 15.1.